The van der Waals surface area contributed by atoms with Gasteiger partial charge in [0, 0.05) is 18.5 Å². The molecule has 1 aliphatic rings. The highest BCUT2D eigenvalue weighted by Gasteiger charge is 2.23. The summed E-state index contributed by atoms with van der Waals surface area (Å²) in [6.45, 7) is 1.72. The SMILES string of the molecule is COc1ccccc1CC(=O)N1CCn2nc(CCC(=O)O)cc2C1. The number of hydrogen-bond acceptors (Lipinski definition) is 4. The van der Waals surface area contributed by atoms with Gasteiger partial charge in [-0.1, -0.05) is 18.2 Å². The van der Waals surface area contributed by atoms with Gasteiger partial charge in [-0.2, -0.15) is 5.10 Å². The lowest BCUT2D eigenvalue weighted by molar-refractivity contribution is -0.137. The van der Waals surface area contributed by atoms with E-state index in [9.17, 15) is 9.59 Å². The number of carboxylic acid groups (broad SMARTS) is 1. The van der Waals surface area contributed by atoms with Gasteiger partial charge in [-0.15, -0.1) is 0 Å². The van der Waals surface area contributed by atoms with Gasteiger partial charge in [-0.3, -0.25) is 14.3 Å². The average Bonchev–Trinajstić information content (AvgIpc) is 3.02. The van der Waals surface area contributed by atoms with Crippen molar-refractivity contribution in [1.82, 2.24) is 14.7 Å². The van der Waals surface area contributed by atoms with Crippen LogP contribution in [0.3, 0.4) is 0 Å². The first-order valence-electron chi connectivity index (χ1n) is 8.24. The summed E-state index contributed by atoms with van der Waals surface area (Å²) in [7, 11) is 1.60. The largest absolute Gasteiger partial charge is 0.496 e. The smallest absolute Gasteiger partial charge is 0.303 e. The molecule has 2 aromatic rings. The van der Waals surface area contributed by atoms with Crippen LogP contribution in [0.1, 0.15) is 23.4 Å². The number of aliphatic carboxylic acids is 1. The molecule has 7 nitrogen and oxygen atoms in total. The number of para-hydroxylation sites is 1. The summed E-state index contributed by atoms with van der Waals surface area (Å²) >= 11 is 0. The maximum atomic E-state index is 12.6. The van der Waals surface area contributed by atoms with Crippen LogP contribution < -0.4 is 4.74 Å². The van der Waals surface area contributed by atoms with Crippen LogP contribution in [-0.2, 0) is 35.5 Å². The minimum Gasteiger partial charge on any atom is -0.496 e. The van der Waals surface area contributed by atoms with Crippen molar-refractivity contribution in [2.45, 2.75) is 32.4 Å². The molecule has 0 fully saturated rings. The Morgan fingerprint density at radius 1 is 1.28 bits per heavy atom. The van der Waals surface area contributed by atoms with Crippen LogP contribution in [0.5, 0.6) is 5.75 Å². The number of aryl methyl sites for hydroxylation is 1. The summed E-state index contributed by atoms with van der Waals surface area (Å²) in [6.07, 6.45) is 0.765. The number of aromatic nitrogens is 2. The molecule has 0 radical (unpaired) electrons. The van der Waals surface area contributed by atoms with E-state index in [4.69, 9.17) is 9.84 Å². The zero-order valence-electron chi connectivity index (χ0n) is 14.1. The lowest BCUT2D eigenvalue weighted by Crippen LogP contribution is -2.39. The molecule has 0 atom stereocenters. The Kier molecular flexibility index (Phi) is 5.02. The highest BCUT2D eigenvalue weighted by atomic mass is 16.5. The zero-order chi connectivity index (χ0) is 17.8. The van der Waals surface area contributed by atoms with Gasteiger partial charge in [0.15, 0.2) is 0 Å². The summed E-state index contributed by atoms with van der Waals surface area (Å²) in [5.41, 5.74) is 2.58. The minimum atomic E-state index is -0.834. The highest BCUT2D eigenvalue weighted by Crippen LogP contribution is 2.20. The van der Waals surface area contributed by atoms with Gasteiger partial charge in [0.1, 0.15) is 5.75 Å². The third kappa shape index (κ3) is 3.99. The summed E-state index contributed by atoms with van der Waals surface area (Å²) in [5, 5.41) is 13.2. The highest BCUT2D eigenvalue weighted by molar-refractivity contribution is 5.79. The Morgan fingerprint density at radius 2 is 2.08 bits per heavy atom. The molecule has 0 saturated carbocycles. The molecule has 132 valence electrons. The number of carboxylic acids is 1. The number of methoxy groups -OCH3 is 1. The number of carbonyl (C=O) groups excluding carboxylic acids is 1. The summed E-state index contributed by atoms with van der Waals surface area (Å²) in [6, 6.07) is 9.42. The molecular weight excluding hydrogens is 322 g/mol. The molecule has 25 heavy (non-hydrogen) atoms. The van der Waals surface area contributed by atoms with Crippen LogP contribution in [-0.4, -0.2) is 45.3 Å². The fraction of sp³-hybridized carbons (Fsp3) is 0.389. The van der Waals surface area contributed by atoms with E-state index < -0.39 is 5.97 Å². The number of ether oxygens (including phenoxy) is 1. The first-order chi connectivity index (χ1) is 12.1. The van der Waals surface area contributed by atoms with E-state index in [0.717, 1.165) is 17.0 Å². The number of amides is 1. The fourth-order valence-electron chi connectivity index (χ4n) is 3.02. The van der Waals surface area contributed by atoms with Crippen molar-refractivity contribution in [2.24, 2.45) is 0 Å². The Hall–Kier alpha value is -2.83. The third-order valence-corrected chi connectivity index (χ3v) is 4.33. The van der Waals surface area contributed by atoms with E-state index in [1.165, 1.54) is 0 Å². The van der Waals surface area contributed by atoms with Crippen molar-refractivity contribution in [3.63, 3.8) is 0 Å². The monoisotopic (exact) mass is 343 g/mol. The second-order valence-corrected chi connectivity index (χ2v) is 6.05. The Balaban J connectivity index is 1.65. The van der Waals surface area contributed by atoms with Crippen molar-refractivity contribution in [3.8, 4) is 5.75 Å². The van der Waals surface area contributed by atoms with E-state index in [1.807, 2.05) is 39.9 Å². The molecule has 1 aliphatic heterocycles. The lowest BCUT2D eigenvalue weighted by atomic mass is 10.1. The van der Waals surface area contributed by atoms with Gasteiger partial charge < -0.3 is 14.7 Å². The van der Waals surface area contributed by atoms with Gasteiger partial charge in [-0.05, 0) is 12.1 Å². The van der Waals surface area contributed by atoms with E-state index in [1.54, 1.807) is 7.11 Å². The average molecular weight is 343 g/mol. The van der Waals surface area contributed by atoms with Gasteiger partial charge >= 0.3 is 5.97 Å². The molecule has 1 N–H and O–H groups in total. The van der Waals surface area contributed by atoms with Crippen LogP contribution in [0.4, 0.5) is 0 Å². The normalized spacial score (nSPS) is 13.4. The van der Waals surface area contributed by atoms with Crippen molar-refractivity contribution in [1.29, 1.82) is 0 Å². The van der Waals surface area contributed by atoms with Crippen LogP contribution in [0, 0.1) is 0 Å². The van der Waals surface area contributed by atoms with Crippen molar-refractivity contribution in [2.75, 3.05) is 13.7 Å². The van der Waals surface area contributed by atoms with E-state index in [0.29, 0.717) is 38.2 Å². The Morgan fingerprint density at radius 3 is 2.84 bits per heavy atom. The second kappa shape index (κ2) is 7.38. The molecule has 0 unspecified atom stereocenters. The first kappa shape index (κ1) is 17.0. The van der Waals surface area contributed by atoms with Crippen molar-refractivity contribution < 1.29 is 19.4 Å². The third-order valence-electron chi connectivity index (χ3n) is 4.33. The standard InChI is InChI=1S/C18H21N3O4/c1-25-16-5-3-2-4-13(16)10-17(22)20-8-9-21-15(12-20)11-14(19-21)6-7-18(23)24/h2-5,11H,6-10,12H2,1H3,(H,23,24). The first-order valence-corrected chi connectivity index (χ1v) is 8.24. The molecule has 0 aliphatic carbocycles. The zero-order valence-corrected chi connectivity index (χ0v) is 14.1. The van der Waals surface area contributed by atoms with Gasteiger partial charge in [-0.25, -0.2) is 0 Å². The van der Waals surface area contributed by atoms with Crippen LogP contribution >= 0.6 is 0 Å². The lowest BCUT2D eigenvalue weighted by Gasteiger charge is -2.28. The van der Waals surface area contributed by atoms with Crippen LogP contribution in [0.2, 0.25) is 0 Å². The van der Waals surface area contributed by atoms with E-state index >= 15 is 0 Å². The molecule has 1 amide bonds. The fourth-order valence-corrected chi connectivity index (χ4v) is 3.02. The molecule has 1 aromatic heterocycles. The molecule has 2 heterocycles. The van der Waals surface area contributed by atoms with Gasteiger partial charge in [0.25, 0.3) is 0 Å². The molecular formula is C18H21N3O4. The molecule has 1 aromatic carbocycles. The van der Waals surface area contributed by atoms with Crippen molar-refractivity contribution >= 4 is 11.9 Å². The van der Waals surface area contributed by atoms with Gasteiger partial charge in [0.2, 0.25) is 5.91 Å². The topological polar surface area (TPSA) is 84.7 Å². The predicted octanol–water partition coefficient (Wildman–Crippen LogP) is 1.49. The number of carbonyl (C=O) groups is 2. The van der Waals surface area contributed by atoms with Crippen LogP contribution in [0.15, 0.2) is 30.3 Å². The number of hydrogen-bond donors (Lipinski definition) is 1. The second-order valence-electron chi connectivity index (χ2n) is 6.05. The number of benzene rings is 1. The molecule has 3 rings (SSSR count). The number of rotatable bonds is 6. The Labute approximate surface area is 145 Å². The molecule has 7 heteroatoms. The van der Waals surface area contributed by atoms with E-state index in [-0.39, 0.29) is 12.3 Å². The maximum absolute atomic E-state index is 12.6. The maximum Gasteiger partial charge on any atom is 0.303 e. The Bertz CT molecular complexity index is 784. The number of nitrogens with zero attached hydrogens (tertiary/aromatic N) is 3. The summed E-state index contributed by atoms with van der Waals surface area (Å²) < 4.78 is 7.17. The summed E-state index contributed by atoms with van der Waals surface area (Å²) in [4.78, 5) is 25.1. The number of fused-ring (bicyclic) bond motifs is 1. The van der Waals surface area contributed by atoms with Crippen LogP contribution in [0.25, 0.3) is 0 Å². The molecule has 0 saturated heterocycles. The predicted molar refractivity (Wildman–Crippen MR) is 90.3 cm³/mol. The quantitative estimate of drug-likeness (QED) is 0.859. The van der Waals surface area contributed by atoms with Gasteiger partial charge in [0.05, 0.1) is 44.4 Å². The molecule has 0 spiro atoms. The minimum absolute atomic E-state index is 0.0454. The molecule has 0 bridgehead atoms. The van der Waals surface area contributed by atoms with Crippen molar-refractivity contribution in [3.05, 3.63) is 47.3 Å². The summed E-state index contributed by atoms with van der Waals surface area (Å²) in [5.74, 6) is -0.0718. The van der Waals surface area contributed by atoms with E-state index in [2.05, 4.69) is 5.10 Å².